The third kappa shape index (κ3) is 2.86. The molecule has 1 amide bonds. The molecule has 1 aromatic carbocycles. The Morgan fingerprint density at radius 3 is 2.83 bits per heavy atom. The lowest BCUT2D eigenvalue weighted by atomic mass is 10.1. The van der Waals surface area contributed by atoms with Gasteiger partial charge in [-0.1, -0.05) is 6.07 Å². The topological polar surface area (TPSA) is 49.8 Å². The predicted molar refractivity (Wildman–Crippen MR) is 98.4 cm³/mol. The highest BCUT2D eigenvalue weighted by molar-refractivity contribution is 7.08. The Kier molecular flexibility index (Phi) is 3.92. The molecule has 0 fully saturated rings. The average molecular weight is 335 g/mol. The van der Waals surface area contributed by atoms with E-state index in [9.17, 15) is 4.79 Å². The molecular formula is C19H17N3OS. The van der Waals surface area contributed by atoms with Crippen molar-refractivity contribution in [2.24, 2.45) is 0 Å². The van der Waals surface area contributed by atoms with Gasteiger partial charge in [0.2, 0.25) is 5.91 Å². The summed E-state index contributed by atoms with van der Waals surface area (Å²) in [5, 5.41) is 8.23. The number of fused-ring (bicyclic) bond motifs is 1. The summed E-state index contributed by atoms with van der Waals surface area (Å²) in [6.07, 6.45) is 6.28. The van der Waals surface area contributed by atoms with Gasteiger partial charge in [0.15, 0.2) is 0 Å². The Hall–Kier alpha value is -2.79. The Balaban J connectivity index is 1.57. The van der Waals surface area contributed by atoms with Crippen LogP contribution in [0.15, 0.2) is 71.8 Å². The van der Waals surface area contributed by atoms with Gasteiger partial charge in [0.1, 0.15) is 0 Å². The summed E-state index contributed by atoms with van der Waals surface area (Å²) in [6.45, 7) is 0. The van der Waals surface area contributed by atoms with Crippen LogP contribution < -0.4 is 5.32 Å². The second-order valence-electron chi connectivity index (χ2n) is 5.70. The number of aromatic amines is 1. The van der Waals surface area contributed by atoms with E-state index in [4.69, 9.17) is 0 Å². The van der Waals surface area contributed by atoms with Crippen LogP contribution in [0.2, 0.25) is 0 Å². The Labute approximate surface area is 143 Å². The zero-order chi connectivity index (χ0) is 16.4. The highest BCUT2D eigenvalue weighted by atomic mass is 32.1. The third-order valence-corrected chi connectivity index (χ3v) is 4.86. The minimum atomic E-state index is 0.00796. The van der Waals surface area contributed by atoms with E-state index in [1.165, 1.54) is 0 Å². The fourth-order valence-electron chi connectivity index (χ4n) is 2.99. The first-order valence-corrected chi connectivity index (χ1v) is 8.76. The predicted octanol–water partition coefficient (Wildman–Crippen LogP) is 4.65. The molecule has 0 saturated carbocycles. The zero-order valence-corrected chi connectivity index (χ0v) is 13.8. The molecule has 2 N–H and O–H groups in total. The van der Waals surface area contributed by atoms with Gasteiger partial charge in [-0.2, -0.15) is 11.3 Å². The van der Waals surface area contributed by atoms with Crippen LogP contribution in [0.4, 0.5) is 5.69 Å². The highest BCUT2D eigenvalue weighted by Gasteiger charge is 2.18. The van der Waals surface area contributed by atoms with Gasteiger partial charge < -0.3 is 14.9 Å². The van der Waals surface area contributed by atoms with Crippen LogP contribution in [-0.4, -0.2) is 15.5 Å². The quantitative estimate of drug-likeness (QED) is 0.548. The van der Waals surface area contributed by atoms with Crippen molar-refractivity contribution in [3.63, 3.8) is 0 Å². The summed E-state index contributed by atoms with van der Waals surface area (Å²) in [6, 6.07) is 13.9. The lowest BCUT2D eigenvalue weighted by Gasteiger charge is -2.18. The smallest absolute Gasteiger partial charge is 0.226 e. The van der Waals surface area contributed by atoms with E-state index in [2.05, 4.69) is 26.3 Å². The lowest BCUT2D eigenvalue weighted by molar-refractivity contribution is -0.116. The number of rotatable bonds is 5. The molecule has 4 aromatic rings. The van der Waals surface area contributed by atoms with Gasteiger partial charge >= 0.3 is 0 Å². The number of carbonyl (C=O) groups is 1. The number of thiophene rings is 1. The molecule has 3 aromatic heterocycles. The molecule has 1 unspecified atom stereocenters. The number of H-pyrrole nitrogens is 1. The molecule has 0 bridgehead atoms. The Bertz CT molecular complexity index is 904. The molecule has 0 saturated heterocycles. The molecule has 3 heterocycles. The molecule has 0 spiro atoms. The normalized spacial score (nSPS) is 12.3. The van der Waals surface area contributed by atoms with Gasteiger partial charge in [-0.3, -0.25) is 4.79 Å². The van der Waals surface area contributed by atoms with Gasteiger partial charge in [-0.05, 0) is 52.7 Å². The van der Waals surface area contributed by atoms with E-state index in [0.29, 0.717) is 6.42 Å². The van der Waals surface area contributed by atoms with E-state index in [1.807, 2.05) is 60.4 Å². The summed E-state index contributed by atoms with van der Waals surface area (Å²) in [5.41, 5.74) is 3.02. The lowest BCUT2D eigenvalue weighted by Crippen LogP contribution is -2.19. The van der Waals surface area contributed by atoms with E-state index in [1.54, 1.807) is 11.3 Å². The molecule has 24 heavy (non-hydrogen) atoms. The van der Waals surface area contributed by atoms with E-state index in [0.717, 1.165) is 22.2 Å². The molecule has 5 heteroatoms. The number of hydrogen-bond acceptors (Lipinski definition) is 2. The summed E-state index contributed by atoms with van der Waals surface area (Å²) in [7, 11) is 0. The number of carbonyl (C=O) groups excluding carboxylic acids is 1. The van der Waals surface area contributed by atoms with Crippen molar-refractivity contribution in [3.05, 3.63) is 77.4 Å². The first-order chi connectivity index (χ1) is 11.8. The van der Waals surface area contributed by atoms with Crippen molar-refractivity contribution in [2.45, 2.75) is 12.5 Å². The second kappa shape index (κ2) is 6.37. The molecule has 0 aliphatic rings. The SMILES string of the molecule is O=C(CC(c1ccsc1)n1cccc1)Nc1cccc2[nH]ccc12. The van der Waals surface area contributed by atoms with Crippen molar-refractivity contribution in [2.75, 3.05) is 5.32 Å². The summed E-state index contributed by atoms with van der Waals surface area (Å²) >= 11 is 1.65. The van der Waals surface area contributed by atoms with Gasteiger partial charge in [0, 0.05) is 29.5 Å². The van der Waals surface area contributed by atoms with Crippen molar-refractivity contribution in [1.82, 2.24) is 9.55 Å². The number of amides is 1. The maximum Gasteiger partial charge on any atom is 0.226 e. The van der Waals surface area contributed by atoms with Gasteiger partial charge in [0.25, 0.3) is 0 Å². The summed E-state index contributed by atoms with van der Waals surface area (Å²) in [4.78, 5) is 15.8. The molecule has 0 aliphatic carbocycles. The van der Waals surface area contributed by atoms with Crippen molar-refractivity contribution < 1.29 is 4.79 Å². The first-order valence-electron chi connectivity index (χ1n) is 7.82. The van der Waals surface area contributed by atoms with Crippen LogP contribution in [-0.2, 0) is 4.79 Å². The molecule has 1 atom stereocenters. The number of hydrogen-bond donors (Lipinski definition) is 2. The third-order valence-electron chi connectivity index (χ3n) is 4.16. The maximum atomic E-state index is 12.6. The second-order valence-corrected chi connectivity index (χ2v) is 6.48. The number of anilines is 1. The molecule has 0 radical (unpaired) electrons. The van der Waals surface area contributed by atoms with Crippen LogP contribution >= 0.6 is 11.3 Å². The molecule has 120 valence electrons. The molecule has 4 rings (SSSR count). The fourth-order valence-corrected chi connectivity index (χ4v) is 3.69. The summed E-state index contributed by atoms with van der Waals surface area (Å²) < 4.78 is 2.08. The van der Waals surface area contributed by atoms with Gasteiger partial charge in [0.05, 0.1) is 18.2 Å². The van der Waals surface area contributed by atoms with Crippen LogP contribution in [0.1, 0.15) is 18.0 Å². The van der Waals surface area contributed by atoms with Gasteiger partial charge in [-0.25, -0.2) is 0 Å². The van der Waals surface area contributed by atoms with Crippen LogP contribution in [0.3, 0.4) is 0 Å². The number of nitrogens with one attached hydrogen (secondary N) is 2. The van der Waals surface area contributed by atoms with Crippen molar-refractivity contribution >= 4 is 33.8 Å². The highest BCUT2D eigenvalue weighted by Crippen LogP contribution is 2.27. The Morgan fingerprint density at radius 1 is 1.17 bits per heavy atom. The van der Waals surface area contributed by atoms with E-state index in [-0.39, 0.29) is 11.9 Å². The minimum absolute atomic E-state index is 0.00796. The van der Waals surface area contributed by atoms with Crippen molar-refractivity contribution in [3.8, 4) is 0 Å². The number of nitrogens with zero attached hydrogens (tertiary/aromatic N) is 1. The largest absolute Gasteiger partial charge is 0.361 e. The molecule has 0 aliphatic heterocycles. The number of benzene rings is 1. The van der Waals surface area contributed by atoms with Crippen LogP contribution in [0.25, 0.3) is 10.9 Å². The number of aromatic nitrogens is 2. The van der Waals surface area contributed by atoms with Crippen molar-refractivity contribution in [1.29, 1.82) is 0 Å². The fraction of sp³-hybridized carbons (Fsp3) is 0.105. The Morgan fingerprint density at radius 2 is 2.04 bits per heavy atom. The average Bonchev–Trinajstić information content (AvgIpc) is 3.34. The summed E-state index contributed by atoms with van der Waals surface area (Å²) in [5.74, 6) is 0.00796. The minimum Gasteiger partial charge on any atom is -0.361 e. The van der Waals surface area contributed by atoms with E-state index < -0.39 is 0 Å². The first kappa shape index (κ1) is 14.8. The van der Waals surface area contributed by atoms with Crippen LogP contribution in [0, 0.1) is 0 Å². The zero-order valence-electron chi connectivity index (χ0n) is 13.0. The molecular weight excluding hydrogens is 318 g/mol. The molecule has 4 nitrogen and oxygen atoms in total. The maximum absolute atomic E-state index is 12.6. The van der Waals surface area contributed by atoms with Crippen LogP contribution in [0.5, 0.6) is 0 Å². The standard InChI is InChI=1S/C19H17N3OS/c23-19(21-17-5-3-4-16-15(17)6-8-20-16)12-18(14-7-11-24-13-14)22-9-1-2-10-22/h1-11,13,18,20H,12H2,(H,21,23). The monoisotopic (exact) mass is 335 g/mol. The van der Waals surface area contributed by atoms with E-state index >= 15 is 0 Å². The van der Waals surface area contributed by atoms with Gasteiger partial charge in [-0.15, -0.1) is 0 Å².